The van der Waals surface area contributed by atoms with Crippen LogP contribution in [0.25, 0.3) is 11.0 Å². The van der Waals surface area contributed by atoms with Crippen molar-refractivity contribution in [3.05, 3.63) is 35.6 Å². The zero-order valence-corrected chi connectivity index (χ0v) is 11.9. The topological polar surface area (TPSA) is 34.4 Å². The number of fused-ring (bicyclic) bond motifs is 3. The van der Waals surface area contributed by atoms with Crippen molar-refractivity contribution in [2.75, 3.05) is 0 Å². The number of furan rings is 1. The summed E-state index contributed by atoms with van der Waals surface area (Å²) in [5.74, 6) is 1.11. The van der Waals surface area contributed by atoms with Crippen molar-refractivity contribution in [2.45, 2.75) is 57.4 Å². The maximum Gasteiger partial charge on any atom is 0.134 e. The molecule has 0 spiro atoms. The number of hydrogen-bond acceptors (Lipinski definition) is 3. The minimum Gasteiger partial charge on any atom is -0.461 e. The van der Waals surface area contributed by atoms with Gasteiger partial charge in [0.2, 0.25) is 0 Å². The summed E-state index contributed by atoms with van der Waals surface area (Å²) in [5.41, 5.74) is 2.33. The monoisotopic (exact) mass is 271 g/mol. The van der Waals surface area contributed by atoms with Crippen molar-refractivity contribution in [2.24, 2.45) is 0 Å². The molecular formula is C17H21NO2. The fraction of sp³-hybridized carbons (Fsp3) is 0.529. The molecular weight excluding hydrogens is 250 g/mol. The second-order valence-electron chi connectivity index (χ2n) is 5.95. The maximum atomic E-state index is 5.95. The van der Waals surface area contributed by atoms with Crippen LogP contribution in [0.1, 0.15) is 37.5 Å². The minimum absolute atomic E-state index is 0.434. The van der Waals surface area contributed by atoms with Gasteiger partial charge in [-0.25, -0.2) is 0 Å². The molecule has 3 unspecified atom stereocenters. The van der Waals surface area contributed by atoms with Gasteiger partial charge in [0.25, 0.3) is 0 Å². The van der Waals surface area contributed by atoms with Gasteiger partial charge >= 0.3 is 0 Å². The summed E-state index contributed by atoms with van der Waals surface area (Å²) in [6.07, 6.45) is 5.51. The first-order valence-corrected chi connectivity index (χ1v) is 7.73. The first-order valence-electron chi connectivity index (χ1n) is 7.73. The fourth-order valence-electron chi connectivity index (χ4n) is 3.71. The Bertz CT molecular complexity index is 618. The molecule has 3 heterocycles. The van der Waals surface area contributed by atoms with Gasteiger partial charge in [-0.1, -0.05) is 25.1 Å². The smallest absolute Gasteiger partial charge is 0.134 e. The van der Waals surface area contributed by atoms with Crippen LogP contribution in [0.2, 0.25) is 0 Å². The van der Waals surface area contributed by atoms with Gasteiger partial charge in [-0.3, -0.25) is 0 Å². The summed E-state index contributed by atoms with van der Waals surface area (Å²) < 4.78 is 11.9. The van der Waals surface area contributed by atoms with E-state index in [0.717, 1.165) is 24.3 Å². The van der Waals surface area contributed by atoms with Gasteiger partial charge in [0.1, 0.15) is 11.3 Å². The average molecular weight is 271 g/mol. The molecule has 2 aliphatic heterocycles. The average Bonchev–Trinajstić information content (AvgIpc) is 3.18. The second-order valence-corrected chi connectivity index (χ2v) is 5.95. The van der Waals surface area contributed by atoms with Crippen LogP contribution >= 0.6 is 0 Å². The number of ether oxygens (including phenoxy) is 1. The Kier molecular flexibility index (Phi) is 3.04. The molecule has 106 valence electrons. The van der Waals surface area contributed by atoms with Gasteiger partial charge in [-0.05, 0) is 25.3 Å². The number of aryl methyl sites for hydroxylation is 1. The lowest BCUT2D eigenvalue weighted by atomic mass is 9.95. The second kappa shape index (κ2) is 4.90. The lowest BCUT2D eigenvalue weighted by Gasteiger charge is -2.20. The van der Waals surface area contributed by atoms with Gasteiger partial charge in [-0.15, -0.1) is 0 Å². The van der Waals surface area contributed by atoms with Crippen molar-refractivity contribution in [3.63, 3.8) is 0 Å². The van der Waals surface area contributed by atoms with Crippen molar-refractivity contribution in [1.29, 1.82) is 0 Å². The van der Waals surface area contributed by atoms with Crippen LogP contribution < -0.4 is 5.32 Å². The van der Waals surface area contributed by atoms with Crippen LogP contribution in [0, 0.1) is 0 Å². The van der Waals surface area contributed by atoms with Crippen molar-refractivity contribution < 1.29 is 9.15 Å². The molecule has 2 aliphatic rings. The van der Waals surface area contributed by atoms with Gasteiger partial charge in [0, 0.05) is 30.0 Å². The Balaban J connectivity index is 1.56. The molecule has 2 fully saturated rings. The van der Waals surface area contributed by atoms with E-state index in [9.17, 15) is 0 Å². The van der Waals surface area contributed by atoms with Crippen LogP contribution in [0.4, 0.5) is 0 Å². The molecule has 1 aromatic heterocycles. The third kappa shape index (κ3) is 1.97. The van der Waals surface area contributed by atoms with E-state index in [1.165, 1.54) is 30.2 Å². The highest BCUT2D eigenvalue weighted by molar-refractivity contribution is 5.82. The molecule has 20 heavy (non-hydrogen) atoms. The quantitative estimate of drug-likeness (QED) is 0.925. The van der Waals surface area contributed by atoms with E-state index in [0.29, 0.717) is 18.2 Å². The lowest BCUT2D eigenvalue weighted by molar-refractivity contribution is 0.0973. The van der Waals surface area contributed by atoms with E-state index in [-0.39, 0.29) is 0 Å². The number of rotatable bonds is 4. The maximum absolute atomic E-state index is 5.95. The van der Waals surface area contributed by atoms with E-state index < -0.39 is 0 Å². The van der Waals surface area contributed by atoms with E-state index in [2.05, 4.69) is 30.4 Å². The van der Waals surface area contributed by atoms with Crippen LogP contribution in [-0.2, 0) is 17.7 Å². The number of nitrogens with one attached hydrogen (secondary N) is 1. The van der Waals surface area contributed by atoms with Gasteiger partial charge in [0.05, 0.1) is 12.2 Å². The summed E-state index contributed by atoms with van der Waals surface area (Å²) in [6.45, 7) is 3.04. The Labute approximate surface area is 119 Å². The van der Waals surface area contributed by atoms with E-state index in [1.807, 2.05) is 6.07 Å². The molecule has 1 aromatic carbocycles. The fourth-order valence-corrected chi connectivity index (χ4v) is 3.71. The molecule has 1 N–H and O–H groups in total. The summed E-state index contributed by atoms with van der Waals surface area (Å²) in [5, 5.41) is 4.95. The molecule has 3 heteroatoms. The molecule has 4 rings (SSSR count). The zero-order chi connectivity index (χ0) is 13.5. The largest absolute Gasteiger partial charge is 0.461 e. The standard InChI is InChI=1S/C17H21NO2/c1-2-15-13(12-5-3-4-6-16(12)20-15)10-18-14-9-11-7-8-17(14)19-11/h3-6,11,14,17-18H,2,7-10H2,1H3. The highest BCUT2D eigenvalue weighted by Crippen LogP contribution is 2.35. The number of hydrogen-bond donors (Lipinski definition) is 1. The van der Waals surface area contributed by atoms with Crippen LogP contribution in [0.15, 0.2) is 28.7 Å². The summed E-state index contributed by atoms with van der Waals surface area (Å²) >= 11 is 0. The first-order chi connectivity index (χ1) is 9.85. The Hall–Kier alpha value is -1.32. The van der Waals surface area contributed by atoms with Crippen LogP contribution in [0.3, 0.4) is 0 Å². The first kappa shape index (κ1) is 12.4. The Morgan fingerprint density at radius 1 is 1.25 bits per heavy atom. The van der Waals surface area contributed by atoms with Gasteiger partial charge in [0.15, 0.2) is 0 Å². The molecule has 0 amide bonds. The van der Waals surface area contributed by atoms with E-state index in [4.69, 9.17) is 9.15 Å². The molecule has 3 nitrogen and oxygen atoms in total. The zero-order valence-electron chi connectivity index (χ0n) is 11.9. The molecule has 2 bridgehead atoms. The summed E-state index contributed by atoms with van der Waals surface area (Å²) in [4.78, 5) is 0. The lowest BCUT2D eigenvalue weighted by Crippen LogP contribution is -2.37. The minimum atomic E-state index is 0.434. The molecule has 0 radical (unpaired) electrons. The number of para-hydroxylation sites is 1. The SMILES string of the molecule is CCc1oc2ccccc2c1CNC1CC2CCC1O2. The van der Waals surface area contributed by atoms with Crippen molar-refractivity contribution >= 4 is 11.0 Å². The normalized spacial score (nSPS) is 28.6. The van der Waals surface area contributed by atoms with Crippen molar-refractivity contribution in [3.8, 4) is 0 Å². The predicted octanol–water partition coefficient (Wildman–Crippen LogP) is 3.40. The predicted molar refractivity (Wildman–Crippen MR) is 78.7 cm³/mol. The molecule has 2 saturated heterocycles. The highest BCUT2D eigenvalue weighted by atomic mass is 16.5. The molecule has 2 aromatic rings. The third-order valence-electron chi connectivity index (χ3n) is 4.75. The summed E-state index contributed by atoms with van der Waals surface area (Å²) in [6, 6.07) is 8.85. The van der Waals surface area contributed by atoms with E-state index >= 15 is 0 Å². The molecule has 0 aliphatic carbocycles. The highest BCUT2D eigenvalue weighted by Gasteiger charge is 2.40. The third-order valence-corrected chi connectivity index (χ3v) is 4.75. The van der Waals surface area contributed by atoms with Gasteiger partial charge in [-0.2, -0.15) is 0 Å². The van der Waals surface area contributed by atoms with E-state index in [1.54, 1.807) is 0 Å². The van der Waals surface area contributed by atoms with Crippen LogP contribution in [0.5, 0.6) is 0 Å². The Morgan fingerprint density at radius 3 is 2.90 bits per heavy atom. The molecule has 3 atom stereocenters. The number of benzene rings is 1. The molecule has 0 saturated carbocycles. The Morgan fingerprint density at radius 2 is 2.15 bits per heavy atom. The van der Waals surface area contributed by atoms with Gasteiger partial charge < -0.3 is 14.5 Å². The van der Waals surface area contributed by atoms with Crippen molar-refractivity contribution in [1.82, 2.24) is 5.32 Å². The summed E-state index contributed by atoms with van der Waals surface area (Å²) in [7, 11) is 0. The van der Waals surface area contributed by atoms with Crippen LogP contribution in [-0.4, -0.2) is 18.2 Å².